The molecule has 0 heterocycles. The average molecular weight is 392 g/mol. The van der Waals surface area contributed by atoms with Gasteiger partial charge in [0.1, 0.15) is 18.1 Å². The first-order valence-corrected chi connectivity index (χ1v) is 8.65. The molecule has 0 fully saturated rings. The minimum Gasteiger partial charge on any atom is -0.491 e. The van der Waals surface area contributed by atoms with Crippen LogP contribution in [0.15, 0.2) is 46.9 Å². The number of benzene rings is 2. The van der Waals surface area contributed by atoms with E-state index >= 15 is 0 Å². The number of ether oxygens (including phenoxy) is 2. The summed E-state index contributed by atoms with van der Waals surface area (Å²) in [6.45, 7) is 6.60. The molecular weight excluding hydrogens is 370 g/mol. The highest BCUT2D eigenvalue weighted by Gasteiger charge is 2.14. The lowest BCUT2D eigenvalue weighted by molar-refractivity contribution is -0.127. The molecule has 2 rings (SSSR count). The van der Waals surface area contributed by atoms with E-state index in [1.165, 1.54) is 0 Å². The quantitative estimate of drug-likeness (QED) is 0.724. The Labute approximate surface area is 151 Å². The first kappa shape index (κ1) is 18.3. The fraction of sp³-hybridized carbons (Fsp3) is 0.316. The maximum absolute atomic E-state index is 12.0. The summed E-state index contributed by atoms with van der Waals surface area (Å²) in [6, 6.07) is 13.4. The summed E-state index contributed by atoms with van der Waals surface area (Å²) < 4.78 is 12.3. The van der Waals surface area contributed by atoms with Crippen molar-refractivity contribution in [3.63, 3.8) is 0 Å². The first-order chi connectivity index (χ1) is 11.5. The third kappa shape index (κ3) is 5.57. The number of hydrogen-bond donors (Lipinski definition) is 1. The zero-order valence-corrected chi connectivity index (χ0v) is 15.7. The Morgan fingerprint density at radius 3 is 2.58 bits per heavy atom. The summed E-state index contributed by atoms with van der Waals surface area (Å²) in [4.78, 5) is 12.0. The Morgan fingerprint density at radius 2 is 1.88 bits per heavy atom. The fourth-order valence-corrected chi connectivity index (χ4v) is 2.38. The summed E-state index contributed by atoms with van der Waals surface area (Å²) in [5.74, 6) is 1.35. The van der Waals surface area contributed by atoms with Crippen LogP contribution in [0.25, 0.3) is 0 Å². The molecule has 0 spiro atoms. The van der Waals surface area contributed by atoms with Gasteiger partial charge in [0.05, 0.1) is 6.54 Å². The lowest BCUT2D eigenvalue weighted by Crippen LogP contribution is -2.38. The molecule has 128 valence electrons. The second-order valence-electron chi connectivity index (χ2n) is 5.62. The number of hydrogen-bond acceptors (Lipinski definition) is 3. The van der Waals surface area contributed by atoms with Crippen LogP contribution < -0.4 is 14.8 Å². The third-order valence-electron chi connectivity index (χ3n) is 3.50. The van der Waals surface area contributed by atoms with Gasteiger partial charge in [0.2, 0.25) is 0 Å². The normalized spacial score (nSPS) is 11.7. The SMILES string of the molecule is Cc1ccc(C)c(OCCNC(=O)[C@H](C)Oc2ccc(Br)cc2)c1. The van der Waals surface area contributed by atoms with Crippen molar-refractivity contribution < 1.29 is 14.3 Å². The predicted molar refractivity (Wildman–Crippen MR) is 98.7 cm³/mol. The molecule has 1 atom stereocenters. The van der Waals surface area contributed by atoms with Gasteiger partial charge in [-0.1, -0.05) is 28.1 Å². The van der Waals surface area contributed by atoms with Crippen molar-refractivity contribution in [3.05, 3.63) is 58.1 Å². The van der Waals surface area contributed by atoms with Crippen molar-refractivity contribution >= 4 is 21.8 Å². The van der Waals surface area contributed by atoms with E-state index in [1.807, 2.05) is 56.3 Å². The molecule has 0 aromatic heterocycles. The van der Waals surface area contributed by atoms with Gasteiger partial charge in [0, 0.05) is 4.47 Å². The molecule has 0 aliphatic carbocycles. The van der Waals surface area contributed by atoms with Crippen LogP contribution >= 0.6 is 15.9 Å². The van der Waals surface area contributed by atoms with Crippen LogP contribution in [-0.2, 0) is 4.79 Å². The summed E-state index contributed by atoms with van der Waals surface area (Å²) in [6.07, 6.45) is -0.563. The van der Waals surface area contributed by atoms with Gasteiger partial charge in [0.25, 0.3) is 5.91 Å². The van der Waals surface area contributed by atoms with Gasteiger partial charge in [-0.05, 0) is 62.2 Å². The highest BCUT2D eigenvalue weighted by molar-refractivity contribution is 9.10. The van der Waals surface area contributed by atoms with Crippen molar-refractivity contribution in [2.75, 3.05) is 13.2 Å². The lowest BCUT2D eigenvalue weighted by atomic mass is 10.1. The zero-order chi connectivity index (χ0) is 17.5. The van der Waals surface area contributed by atoms with E-state index in [2.05, 4.69) is 21.2 Å². The van der Waals surface area contributed by atoms with Crippen molar-refractivity contribution in [2.24, 2.45) is 0 Å². The van der Waals surface area contributed by atoms with Gasteiger partial charge in [-0.3, -0.25) is 4.79 Å². The molecule has 2 aromatic carbocycles. The van der Waals surface area contributed by atoms with Gasteiger partial charge < -0.3 is 14.8 Å². The molecule has 0 radical (unpaired) electrons. The molecule has 1 amide bonds. The minimum atomic E-state index is -0.563. The number of aryl methyl sites for hydroxylation is 2. The molecule has 0 aliphatic rings. The van der Waals surface area contributed by atoms with Gasteiger partial charge in [0.15, 0.2) is 6.10 Å². The monoisotopic (exact) mass is 391 g/mol. The van der Waals surface area contributed by atoms with Crippen molar-refractivity contribution in [1.82, 2.24) is 5.32 Å². The molecule has 2 aromatic rings. The van der Waals surface area contributed by atoms with Crippen LogP contribution in [0.1, 0.15) is 18.1 Å². The molecule has 5 heteroatoms. The second kappa shape index (κ2) is 8.73. The average Bonchev–Trinajstić information content (AvgIpc) is 2.56. The molecule has 4 nitrogen and oxygen atoms in total. The van der Waals surface area contributed by atoms with E-state index in [0.717, 1.165) is 21.3 Å². The van der Waals surface area contributed by atoms with Gasteiger partial charge >= 0.3 is 0 Å². The van der Waals surface area contributed by atoms with Gasteiger partial charge in [-0.25, -0.2) is 0 Å². The van der Waals surface area contributed by atoms with E-state index in [1.54, 1.807) is 6.92 Å². The van der Waals surface area contributed by atoms with E-state index in [0.29, 0.717) is 18.9 Å². The van der Waals surface area contributed by atoms with Crippen LogP contribution in [-0.4, -0.2) is 25.2 Å². The molecule has 0 unspecified atom stereocenters. The number of carbonyl (C=O) groups is 1. The Morgan fingerprint density at radius 1 is 1.17 bits per heavy atom. The van der Waals surface area contributed by atoms with E-state index in [9.17, 15) is 4.79 Å². The Bertz CT molecular complexity index is 686. The van der Waals surface area contributed by atoms with Crippen molar-refractivity contribution in [3.8, 4) is 11.5 Å². The Kier molecular flexibility index (Phi) is 6.67. The largest absolute Gasteiger partial charge is 0.491 e. The number of nitrogens with one attached hydrogen (secondary N) is 1. The van der Waals surface area contributed by atoms with E-state index in [4.69, 9.17) is 9.47 Å². The number of carbonyl (C=O) groups excluding carboxylic acids is 1. The highest BCUT2D eigenvalue weighted by Crippen LogP contribution is 2.19. The smallest absolute Gasteiger partial charge is 0.260 e. The maximum atomic E-state index is 12.0. The van der Waals surface area contributed by atoms with E-state index < -0.39 is 6.10 Å². The first-order valence-electron chi connectivity index (χ1n) is 7.85. The van der Waals surface area contributed by atoms with Crippen LogP contribution in [0.3, 0.4) is 0 Å². The zero-order valence-electron chi connectivity index (χ0n) is 14.1. The Hall–Kier alpha value is -2.01. The summed E-state index contributed by atoms with van der Waals surface area (Å²) in [5.41, 5.74) is 2.23. The topological polar surface area (TPSA) is 47.6 Å². The minimum absolute atomic E-state index is 0.164. The molecule has 0 saturated carbocycles. The summed E-state index contributed by atoms with van der Waals surface area (Å²) in [5, 5.41) is 2.82. The molecule has 1 N–H and O–H groups in total. The summed E-state index contributed by atoms with van der Waals surface area (Å²) in [7, 11) is 0. The highest BCUT2D eigenvalue weighted by atomic mass is 79.9. The summed E-state index contributed by atoms with van der Waals surface area (Å²) >= 11 is 3.36. The molecule has 0 aliphatic heterocycles. The molecular formula is C19H22BrNO3. The molecule has 0 bridgehead atoms. The third-order valence-corrected chi connectivity index (χ3v) is 4.03. The van der Waals surface area contributed by atoms with Gasteiger partial charge in [-0.15, -0.1) is 0 Å². The van der Waals surface area contributed by atoms with Crippen LogP contribution in [0.5, 0.6) is 11.5 Å². The number of halogens is 1. The molecule has 24 heavy (non-hydrogen) atoms. The predicted octanol–water partition coefficient (Wildman–Crippen LogP) is 4.03. The number of rotatable bonds is 7. The lowest BCUT2D eigenvalue weighted by Gasteiger charge is -2.15. The Balaban J connectivity index is 1.74. The van der Waals surface area contributed by atoms with Gasteiger partial charge in [-0.2, -0.15) is 0 Å². The van der Waals surface area contributed by atoms with Crippen LogP contribution in [0.2, 0.25) is 0 Å². The van der Waals surface area contributed by atoms with Crippen molar-refractivity contribution in [2.45, 2.75) is 26.9 Å². The van der Waals surface area contributed by atoms with Crippen LogP contribution in [0.4, 0.5) is 0 Å². The standard InChI is InChI=1S/C19H22BrNO3/c1-13-4-5-14(2)18(12-13)23-11-10-21-19(22)15(3)24-17-8-6-16(20)7-9-17/h4-9,12,15H,10-11H2,1-3H3,(H,21,22)/t15-/m0/s1. The van der Waals surface area contributed by atoms with Crippen LogP contribution in [0, 0.1) is 13.8 Å². The van der Waals surface area contributed by atoms with Crippen molar-refractivity contribution in [1.29, 1.82) is 0 Å². The fourth-order valence-electron chi connectivity index (χ4n) is 2.11. The number of amides is 1. The maximum Gasteiger partial charge on any atom is 0.260 e. The molecule has 0 saturated heterocycles. The van der Waals surface area contributed by atoms with E-state index in [-0.39, 0.29) is 5.91 Å². The second-order valence-corrected chi connectivity index (χ2v) is 6.54.